The molecule has 3 rings (SSSR count). The van der Waals surface area contributed by atoms with E-state index in [-0.39, 0.29) is 24.1 Å². The van der Waals surface area contributed by atoms with Gasteiger partial charge in [-0.3, -0.25) is 14.2 Å². The van der Waals surface area contributed by atoms with E-state index in [9.17, 15) is 9.59 Å². The van der Waals surface area contributed by atoms with Gasteiger partial charge in [0.2, 0.25) is 5.91 Å². The van der Waals surface area contributed by atoms with Crippen LogP contribution in [0.2, 0.25) is 0 Å². The molecule has 1 amide bonds. The Morgan fingerprint density at radius 3 is 2.88 bits per heavy atom. The molecule has 3 aromatic rings. The lowest BCUT2D eigenvalue weighted by atomic mass is 10.2. The Morgan fingerprint density at radius 1 is 1.42 bits per heavy atom. The highest BCUT2D eigenvalue weighted by molar-refractivity contribution is 7.17. The maximum absolute atomic E-state index is 12.4. The molecular weight excluding hydrogens is 344 g/mol. The highest BCUT2D eigenvalue weighted by Gasteiger charge is 2.18. The molecule has 0 saturated heterocycles. The molecule has 0 bridgehead atoms. The van der Waals surface area contributed by atoms with Crippen LogP contribution < -0.4 is 10.9 Å². The van der Waals surface area contributed by atoms with E-state index in [2.05, 4.69) is 15.3 Å². The summed E-state index contributed by atoms with van der Waals surface area (Å²) >= 11 is 2.94. The van der Waals surface area contributed by atoms with Gasteiger partial charge in [0.15, 0.2) is 0 Å². The molecule has 8 heteroatoms. The van der Waals surface area contributed by atoms with Crippen molar-refractivity contribution < 1.29 is 4.79 Å². The Kier molecular flexibility index (Phi) is 4.77. The predicted octanol–water partition coefficient (Wildman–Crippen LogP) is 2.80. The lowest BCUT2D eigenvalue weighted by molar-refractivity contribution is -0.122. The Balaban J connectivity index is 1.76. The number of thiophene rings is 1. The number of hydrogen-bond donors (Lipinski definition) is 1. The molecule has 3 heterocycles. The first-order valence-electron chi connectivity index (χ1n) is 7.65. The Labute approximate surface area is 147 Å². The number of thiazole rings is 1. The number of carbonyl (C=O) groups is 1. The van der Waals surface area contributed by atoms with Gasteiger partial charge in [-0.25, -0.2) is 9.97 Å². The van der Waals surface area contributed by atoms with Crippen molar-refractivity contribution in [2.45, 2.75) is 39.8 Å². The maximum Gasteiger partial charge on any atom is 0.271 e. The molecule has 24 heavy (non-hydrogen) atoms. The van der Waals surface area contributed by atoms with Crippen molar-refractivity contribution in [3.63, 3.8) is 0 Å². The van der Waals surface area contributed by atoms with Gasteiger partial charge in [-0.15, -0.1) is 22.7 Å². The minimum absolute atomic E-state index is 0.0421. The molecule has 0 aliphatic heterocycles. The number of carbonyl (C=O) groups excluding carboxylic acids is 1. The second-order valence-corrected chi connectivity index (χ2v) is 7.69. The van der Waals surface area contributed by atoms with Crippen LogP contribution in [0.4, 0.5) is 0 Å². The standard InChI is InChI=1S/C16H18N4O2S2/c1-4-11(15-18-9(2)10(3)24-15)19-13(21)7-20-8-17-12-5-6-23-14(12)16(20)22/h5-6,8,11H,4,7H2,1-3H3,(H,19,21)/t11-/m1/s1. The van der Waals surface area contributed by atoms with Crippen LogP contribution in [-0.4, -0.2) is 20.4 Å². The van der Waals surface area contributed by atoms with Gasteiger partial charge in [0.1, 0.15) is 16.3 Å². The molecule has 0 aliphatic rings. The van der Waals surface area contributed by atoms with Crippen LogP contribution in [0, 0.1) is 13.8 Å². The molecule has 0 aliphatic carbocycles. The maximum atomic E-state index is 12.4. The van der Waals surface area contributed by atoms with Gasteiger partial charge in [-0.2, -0.15) is 0 Å². The fraction of sp³-hybridized carbons (Fsp3) is 0.375. The van der Waals surface area contributed by atoms with Gasteiger partial charge in [0.25, 0.3) is 5.56 Å². The van der Waals surface area contributed by atoms with Crippen LogP contribution in [0.1, 0.15) is 35.0 Å². The number of fused-ring (bicyclic) bond motifs is 1. The molecule has 0 saturated carbocycles. The van der Waals surface area contributed by atoms with Crippen molar-refractivity contribution in [1.29, 1.82) is 0 Å². The summed E-state index contributed by atoms with van der Waals surface area (Å²) in [6.45, 7) is 5.94. The Morgan fingerprint density at radius 2 is 2.21 bits per heavy atom. The van der Waals surface area contributed by atoms with Crippen LogP contribution in [0.3, 0.4) is 0 Å². The SMILES string of the molecule is CC[C@@H](NC(=O)Cn1cnc2ccsc2c1=O)c1nc(C)c(C)s1. The van der Waals surface area contributed by atoms with Crippen LogP contribution in [0.25, 0.3) is 10.2 Å². The number of amides is 1. The third-order valence-corrected chi connectivity index (χ3v) is 5.91. The molecule has 3 aromatic heterocycles. The fourth-order valence-electron chi connectivity index (χ4n) is 2.37. The highest BCUT2D eigenvalue weighted by atomic mass is 32.1. The summed E-state index contributed by atoms with van der Waals surface area (Å²) in [7, 11) is 0. The van der Waals surface area contributed by atoms with Crippen molar-refractivity contribution in [3.05, 3.63) is 43.7 Å². The molecule has 0 aromatic carbocycles. The minimum Gasteiger partial charge on any atom is -0.345 e. The van der Waals surface area contributed by atoms with E-state index in [1.165, 1.54) is 22.2 Å². The van der Waals surface area contributed by atoms with E-state index >= 15 is 0 Å². The van der Waals surface area contributed by atoms with E-state index in [0.29, 0.717) is 10.2 Å². The second kappa shape index (κ2) is 6.82. The molecule has 1 N–H and O–H groups in total. The number of aromatic nitrogens is 3. The molecule has 0 radical (unpaired) electrons. The van der Waals surface area contributed by atoms with E-state index in [1.54, 1.807) is 17.4 Å². The molecule has 126 valence electrons. The van der Waals surface area contributed by atoms with E-state index in [1.807, 2.05) is 26.2 Å². The number of rotatable bonds is 5. The molecule has 0 unspecified atom stereocenters. The van der Waals surface area contributed by atoms with Gasteiger partial charge in [-0.1, -0.05) is 6.92 Å². The molecule has 0 spiro atoms. The number of nitrogens with zero attached hydrogens (tertiary/aromatic N) is 3. The summed E-state index contributed by atoms with van der Waals surface area (Å²) in [6, 6.07) is 1.66. The number of nitrogens with one attached hydrogen (secondary N) is 1. The summed E-state index contributed by atoms with van der Waals surface area (Å²) in [5, 5.41) is 5.69. The van der Waals surface area contributed by atoms with Crippen molar-refractivity contribution in [2.75, 3.05) is 0 Å². The van der Waals surface area contributed by atoms with Crippen LogP contribution in [0.15, 0.2) is 22.6 Å². The van der Waals surface area contributed by atoms with Crippen molar-refractivity contribution in [1.82, 2.24) is 19.9 Å². The molecule has 1 atom stereocenters. The zero-order chi connectivity index (χ0) is 17.3. The first kappa shape index (κ1) is 16.8. The summed E-state index contributed by atoms with van der Waals surface area (Å²) in [5.41, 5.74) is 1.48. The number of hydrogen-bond acceptors (Lipinski definition) is 6. The lowest BCUT2D eigenvalue weighted by Gasteiger charge is -2.15. The normalized spacial score (nSPS) is 12.5. The van der Waals surface area contributed by atoms with E-state index < -0.39 is 0 Å². The zero-order valence-electron chi connectivity index (χ0n) is 13.7. The largest absolute Gasteiger partial charge is 0.345 e. The topological polar surface area (TPSA) is 76.9 Å². The fourth-order valence-corrected chi connectivity index (χ4v) is 4.22. The average molecular weight is 362 g/mol. The van der Waals surface area contributed by atoms with Crippen molar-refractivity contribution in [3.8, 4) is 0 Å². The van der Waals surface area contributed by atoms with Crippen LogP contribution in [0.5, 0.6) is 0 Å². The van der Waals surface area contributed by atoms with Gasteiger partial charge in [0, 0.05) is 4.88 Å². The Bertz CT molecular complexity index is 922. The van der Waals surface area contributed by atoms with Crippen LogP contribution >= 0.6 is 22.7 Å². The summed E-state index contributed by atoms with van der Waals surface area (Å²) in [6.07, 6.45) is 2.17. The highest BCUT2D eigenvalue weighted by Crippen LogP contribution is 2.24. The van der Waals surface area contributed by atoms with Gasteiger partial charge in [-0.05, 0) is 31.7 Å². The van der Waals surface area contributed by atoms with Gasteiger partial charge in [0.05, 0.1) is 23.6 Å². The smallest absolute Gasteiger partial charge is 0.271 e. The quantitative estimate of drug-likeness (QED) is 0.757. The average Bonchev–Trinajstić information content (AvgIpc) is 3.15. The monoisotopic (exact) mass is 362 g/mol. The zero-order valence-corrected chi connectivity index (χ0v) is 15.3. The van der Waals surface area contributed by atoms with Crippen molar-refractivity contribution in [2.24, 2.45) is 0 Å². The summed E-state index contributed by atoms with van der Waals surface area (Å²) < 4.78 is 1.92. The minimum atomic E-state index is -0.216. The third kappa shape index (κ3) is 3.25. The third-order valence-electron chi connectivity index (χ3n) is 3.84. The lowest BCUT2D eigenvalue weighted by Crippen LogP contribution is -2.34. The molecule has 0 fully saturated rings. The van der Waals surface area contributed by atoms with E-state index in [0.717, 1.165) is 22.0 Å². The first-order valence-corrected chi connectivity index (χ1v) is 9.35. The Hall–Kier alpha value is -2.06. The predicted molar refractivity (Wildman–Crippen MR) is 96.6 cm³/mol. The summed E-state index contributed by atoms with van der Waals surface area (Å²) in [4.78, 5) is 34.6. The summed E-state index contributed by atoms with van der Waals surface area (Å²) in [5.74, 6) is -0.216. The van der Waals surface area contributed by atoms with Crippen LogP contribution in [-0.2, 0) is 11.3 Å². The molecular formula is C16H18N4O2S2. The van der Waals surface area contributed by atoms with E-state index in [4.69, 9.17) is 0 Å². The second-order valence-electron chi connectivity index (χ2n) is 5.53. The first-order chi connectivity index (χ1) is 11.5. The molecule has 6 nitrogen and oxygen atoms in total. The van der Waals surface area contributed by atoms with Crippen molar-refractivity contribution >= 4 is 38.8 Å². The number of aryl methyl sites for hydroxylation is 2. The van der Waals surface area contributed by atoms with Gasteiger partial charge < -0.3 is 5.32 Å². The van der Waals surface area contributed by atoms with Gasteiger partial charge >= 0.3 is 0 Å².